The Bertz CT molecular complexity index is 968. The highest BCUT2D eigenvalue weighted by molar-refractivity contribution is 7.18. The number of nitrogens with one attached hydrogen (secondary N) is 3. The number of aromatic nitrogens is 2. The van der Waals surface area contributed by atoms with E-state index in [-0.39, 0.29) is 24.3 Å². The van der Waals surface area contributed by atoms with E-state index in [4.69, 9.17) is 11.6 Å². The topological polar surface area (TPSA) is 104 Å². The summed E-state index contributed by atoms with van der Waals surface area (Å²) in [5.74, 6) is -1.18. The Balaban J connectivity index is 1.47. The summed E-state index contributed by atoms with van der Waals surface area (Å²) in [6.45, 7) is 0. The number of Topliss-reactive ketones (excluding diaryl/α,β-unsaturated/α-hetero) is 1. The summed E-state index contributed by atoms with van der Waals surface area (Å²) < 4.78 is 0.518. The Morgan fingerprint density at radius 3 is 2.52 bits per heavy atom. The fourth-order valence-electron chi connectivity index (χ4n) is 2.27. The number of H-pyrrole nitrogens is 1. The van der Waals surface area contributed by atoms with Crippen LogP contribution in [-0.4, -0.2) is 27.8 Å². The molecule has 0 unspecified atom stereocenters. The number of hydrogen-bond donors (Lipinski definition) is 3. The number of thiophene rings is 1. The van der Waals surface area contributed by atoms with E-state index in [0.29, 0.717) is 14.9 Å². The zero-order valence-electron chi connectivity index (χ0n) is 14.0. The first kappa shape index (κ1) is 18.8. The molecule has 0 radical (unpaired) electrons. The van der Waals surface area contributed by atoms with Gasteiger partial charge in [-0.05, 0) is 18.2 Å². The molecule has 2 aromatic heterocycles. The van der Waals surface area contributed by atoms with Crippen LogP contribution in [0.15, 0.2) is 48.5 Å². The van der Waals surface area contributed by atoms with Gasteiger partial charge in [0.05, 0.1) is 14.9 Å². The Labute approximate surface area is 163 Å². The summed E-state index contributed by atoms with van der Waals surface area (Å²) in [7, 11) is 0. The van der Waals surface area contributed by atoms with Crippen LogP contribution >= 0.6 is 22.9 Å². The lowest BCUT2D eigenvalue weighted by molar-refractivity contribution is -0.121. The molecule has 0 fully saturated rings. The van der Waals surface area contributed by atoms with Gasteiger partial charge in [0.25, 0.3) is 5.91 Å². The first-order valence-electron chi connectivity index (χ1n) is 8.01. The van der Waals surface area contributed by atoms with Crippen LogP contribution < -0.4 is 10.9 Å². The Morgan fingerprint density at radius 1 is 1.04 bits per heavy atom. The van der Waals surface area contributed by atoms with E-state index in [1.54, 1.807) is 18.2 Å². The number of rotatable bonds is 6. The van der Waals surface area contributed by atoms with Crippen molar-refractivity contribution in [2.24, 2.45) is 0 Å². The largest absolute Gasteiger partial charge is 0.293 e. The van der Waals surface area contributed by atoms with Crippen LogP contribution in [-0.2, 0) is 4.79 Å². The van der Waals surface area contributed by atoms with Gasteiger partial charge in [-0.2, -0.15) is 5.10 Å². The lowest BCUT2D eigenvalue weighted by Crippen LogP contribution is -2.41. The number of halogens is 1. The van der Waals surface area contributed by atoms with Crippen molar-refractivity contribution >= 4 is 40.5 Å². The molecular formula is C18H15ClN4O3S. The molecule has 2 heterocycles. The number of carbonyl (C=O) groups excluding carboxylic acids is 3. The third-order valence-electron chi connectivity index (χ3n) is 3.63. The number of hydrazine groups is 1. The van der Waals surface area contributed by atoms with E-state index in [9.17, 15) is 14.4 Å². The van der Waals surface area contributed by atoms with Gasteiger partial charge in [-0.25, -0.2) is 0 Å². The van der Waals surface area contributed by atoms with Crippen LogP contribution in [0.25, 0.3) is 11.3 Å². The van der Waals surface area contributed by atoms with Crippen LogP contribution in [0.5, 0.6) is 0 Å². The van der Waals surface area contributed by atoms with Crippen molar-refractivity contribution in [1.82, 2.24) is 21.0 Å². The molecule has 9 heteroatoms. The first-order chi connectivity index (χ1) is 13.0. The number of hydrogen-bond acceptors (Lipinski definition) is 5. The number of carbonyl (C=O) groups is 3. The van der Waals surface area contributed by atoms with E-state index in [2.05, 4.69) is 21.0 Å². The summed E-state index contributed by atoms with van der Waals surface area (Å²) >= 11 is 6.95. The predicted molar refractivity (Wildman–Crippen MR) is 103 cm³/mol. The summed E-state index contributed by atoms with van der Waals surface area (Å²) in [5, 5.41) is 6.70. The van der Waals surface area contributed by atoms with E-state index in [0.717, 1.165) is 5.56 Å². The second-order valence-electron chi connectivity index (χ2n) is 5.56. The molecule has 7 nitrogen and oxygen atoms in total. The van der Waals surface area contributed by atoms with Gasteiger partial charge in [-0.3, -0.25) is 30.3 Å². The van der Waals surface area contributed by atoms with Crippen molar-refractivity contribution in [2.75, 3.05) is 0 Å². The van der Waals surface area contributed by atoms with Crippen LogP contribution in [0.3, 0.4) is 0 Å². The average molecular weight is 403 g/mol. The van der Waals surface area contributed by atoms with Gasteiger partial charge < -0.3 is 0 Å². The normalized spacial score (nSPS) is 10.4. The first-order valence-corrected chi connectivity index (χ1v) is 9.21. The zero-order chi connectivity index (χ0) is 19.2. The highest BCUT2D eigenvalue weighted by atomic mass is 35.5. The second-order valence-corrected chi connectivity index (χ2v) is 7.28. The lowest BCUT2D eigenvalue weighted by Gasteiger charge is -2.05. The standard InChI is InChI=1S/C18H15ClN4O3S/c19-16-8-7-15(27-16)14(24)6-9-17(25)22-23-18(26)13-10-12(20-21-13)11-4-2-1-3-5-11/h1-5,7-8,10H,6,9H2,(H,20,21)(H,22,25)(H,23,26). The number of nitrogens with zero attached hydrogens (tertiary/aromatic N) is 1. The van der Waals surface area contributed by atoms with E-state index < -0.39 is 11.8 Å². The molecule has 0 atom stereocenters. The molecule has 0 aliphatic carbocycles. The molecule has 3 aromatic rings. The van der Waals surface area contributed by atoms with Crippen LogP contribution in [0.2, 0.25) is 4.34 Å². The molecular weight excluding hydrogens is 388 g/mol. The van der Waals surface area contributed by atoms with Crippen molar-refractivity contribution in [3.8, 4) is 11.3 Å². The molecule has 1 aromatic carbocycles. The molecule has 0 aliphatic rings. The average Bonchev–Trinajstić information content (AvgIpc) is 3.34. The van der Waals surface area contributed by atoms with Gasteiger partial charge in [-0.1, -0.05) is 41.9 Å². The van der Waals surface area contributed by atoms with Crippen LogP contribution in [0, 0.1) is 0 Å². The third-order valence-corrected chi connectivity index (χ3v) is 4.91. The maximum absolute atomic E-state index is 12.1. The highest BCUT2D eigenvalue weighted by Crippen LogP contribution is 2.22. The molecule has 2 amide bonds. The smallest absolute Gasteiger partial charge is 0.287 e. The summed E-state index contributed by atoms with van der Waals surface area (Å²) in [6, 6.07) is 14.2. The molecule has 3 N–H and O–H groups in total. The molecule has 3 rings (SSSR count). The number of ketones is 1. The van der Waals surface area contributed by atoms with Gasteiger partial charge in [-0.15, -0.1) is 11.3 Å². The SMILES string of the molecule is O=C(CCC(=O)c1ccc(Cl)s1)NNC(=O)c1cc(-c2ccccc2)n[nH]1. The Morgan fingerprint density at radius 2 is 1.81 bits per heavy atom. The number of benzene rings is 1. The molecule has 0 saturated heterocycles. The van der Waals surface area contributed by atoms with Gasteiger partial charge in [0.15, 0.2) is 5.78 Å². The number of amides is 2. The van der Waals surface area contributed by atoms with Gasteiger partial charge >= 0.3 is 0 Å². The minimum atomic E-state index is -0.533. The zero-order valence-corrected chi connectivity index (χ0v) is 15.6. The minimum Gasteiger partial charge on any atom is -0.293 e. The van der Waals surface area contributed by atoms with E-state index in [1.807, 2.05) is 30.3 Å². The van der Waals surface area contributed by atoms with Crippen molar-refractivity contribution in [1.29, 1.82) is 0 Å². The third kappa shape index (κ3) is 5.02. The van der Waals surface area contributed by atoms with E-state index >= 15 is 0 Å². The molecule has 27 heavy (non-hydrogen) atoms. The highest BCUT2D eigenvalue weighted by Gasteiger charge is 2.14. The summed E-state index contributed by atoms with van der Waals surface area (Å²) in [6.07, 6.45) is -0.0202. The predicted octanol–water partition coefficient (Wildman–Crippen LogP) is 3.22. The van der Waals surface area contributed by atoms with Crippen molar-refractivity contribution in [2.45, 2.75) is 12.8 Å². The number of aromatic amines is 1. The quantitative estimate of drug-likeness (QED) is 0.435. The lowest BCUT2D eigenvalue weighted by atomic mass is 10.1. The molecule has 0 saturated carbocycles. The van der Waals surface area contributed by atoms with Gasteiger partial charge in [0, 0.05) is 18.4 Å². The van der Waals surface area contributed by atoms with Crippen molar-refractivity contribution in [3.05, 3.63) is 63.4 Å². The maximum Gasteiger partial charge on any atom is 0.287 e. The Kier molecular flexibility index (Phi) is 6.00. The fraction of sp³-hybridized carbons (Fsp3) is 0.111. The minimum absolute atomic E-state index is 0.0285. The molecule has 0 bridgehead atoms. The maximum atomic E-state index is 12.1. The second kappa shape index (κ2) is 8.61. The summed E-state index contributed by atoms with van der Waals surface area (Å²) in [4.78, 5) is 36.3. The van der Waals surface area contributed by atoms with Crippen molar-refractivity contribution < 1.29 is 14.4 Å². The van der Waals surface area contributed by atoms with Crippen LogP contribution in [0.4, 0.5) is 0 Å². The van der Waals surface area contributed by atoms with Gasteiger partial charge in [0.1, 0.15) is 5.69 Å². The van der Waals surface area contributed by atoms with Gasteiger partial charge in [0.2, 0.25) is 5.91 Å². The van der Waals surface area contributed by atoms with E-state index in [1.165, 1.54) is 11.3 Å². The fourth-order valence-corrected chi connectivity index (χ4v) is 3.28. The Hall–Kier alpha value is -2.97. The monoisotopic (exact) mass is 402 g/mol. The molecule has 138 valence electrons. The molecule has 0 spiro atoms. The van der Waals surface area contributed by atoms with Crippen molar-refractivity contribution in [3.63, 3.8) is 0 Å². The summed E-state index contributed by atoms with van der Waals surface area (Å²) in [5.41, 5.74) is 6.26. The molecule has 0 aliphatic heterocycles. The van der Waals surface area contributed by atoms with Crippen LogP contribution in [0.1, 0.15) is 33.0 Å².